The second kappa shape index (κ2) is 6.67. The molecule has 0 unspecified atom stereocenters. The van der Waals surface area contributed by atoms with Crippen LogP contribution in [-0.2, 0) is 4.74 Å². The number of hydrogen-bond acceptors (Lipinski definition) is 5. The minimum Gasteiger partial charge on any atom is -0.492 e. The van der Waals surface area contributed by atoms with Gasteiger partial charge >= 0.3 is 5.97 Å². The van der Waals surface area contributed by atoms with E-state index >= 15 is 0 Å². The van der Waals surface area contributed by atoms with Crippen LogP contribution in [0.25, 0.3) is 11.3 Å². The van der Waals surface area contributed by atoms with Gasteiger partial charge in [-0.05, 0) is 28.1 Å². The molecule has 0 atom stereocenters. The first kappa shape index (κ1) is 17.4. The van der Waals surface area contributed by atoms with Crippen LogP contribution in [0.3, 0.4) is 0 Å². The molecule has 2 rings (SSSR count). The Morgan fingerprint density at radius 3 is 2.57 bits per heavy atom. The molecule has 0 saturated heterocycles. The fourth-order valence-electron chi connectivity index (χ4n) is 1.90. The molecule has 122 valence electrons. The molecule has 1 aromatic heterocycles. The van der Waals surface area contributed by atoms with Crippen LogP contribution < -0.4 is 10.5 Å². The van der Waals surface area contributed by atoms with Crippen molar-refractivity contribution in [1.29, 1.82) is 0 Å². The SMILES string of the molecule is COC(=O)c1nc(-c2c(F)cc(Br)c(OC)c2F)cc(N)c1Cl. The number of rotatable bonds is 3. The van der Waals surface area contributed by atoms with Crippen LogP contribution in [0.5, 0.6) is 5.75 Å². The molecule has 0 aliphatic heterocycles. The fourth-order valence-corrected chi connectivity index (χ4v) is 2.61. The molecule has 0 spiro atoms. The lowest BCUT2D eigenvalue weighted by atomic mass is 10.1. The summed E-state index contributed by atoms with van der Waals surface area (Å²) < 4.78 is 38.2. The Balaban J connectivity index is 2.78. The molecule has 0 radical (unpaired) electrons. The third-order valence-corrected chi connectivity index (χ3v) is 3.94. The number of benzene rings is 1. The van der Waals surface area contributed by atoms with Crippen molar-refractivity contribution in [3.05, 3.63) is 39.0 Å². The van der Waals surface area contributed by atoms with Gasteiger partial charge in [0.05, 0.1) is 40.7 Å². The normalized spacial score (nSPS) is 10.5. The van der Waals surface area contributed by atoms with E-state index in [0.29, 0.717) is 0 Å². The zero-order valence-electron chi connectivity index (χ0n) is 11.9. The minimum absolute atomic E-state index is 0.0715. The highest BCUT2D eigenvalue weighted by molar-refractivity contribution is 9.10. The van der Waals surface area contributed by atoms with Gasteiger partial charge in [-0.25, -0.2) is 18.6 Å². The van der Waals surface area contributed by atoms with E-state index < -0.39 is 23.2 Å². The van der Waals surface area contributed by atoms with Gasteiger partial charge in [-0.3, -0.25) is 0 Å². The van der Waals surface area contributed by atoms with Crippen LogP contribution in [0.15, 0.2) is 16.6 Å². The zero-order valence-corrected chi connectivity index (χ0v) is 14.3. The maximum absolute atomic E-state index is 14.5. The number of esters is 1. The highest BCUT2D eigenvalue weighted by atomic mass is 79.9. The Bertz CT molecular complexity index is 802. The van der Waals surface area contributed by atoms with E-state index in [1.54, 1.807) is 0 Å². The first-order chi connectivity index (χ1) is 10.8. The molecule has 0 aliphatic carbocycles. The monoisotopic (exact) mass is 406 g/mol. The maximum Gasteiger partial charge on any atom is 0.358 e. The molecule has 23 heavy (non-hydrogen) atoms. The molecule has 5 nitrogen and oxygen atoms in total. The number of nitrogens with two attached hydrogens (primary N) is 1. The van der Waals surface area contributed by atoms with Crippen LogP contribution in [0, 0.1) is 11.6 Å². The Kier molecular flexibility index (Phi) is 5.06. The van der Waals surface area contributed by atoms with Crippen molar-refractivity contribution >= 4 is 39.2 Å². The van der Waals surface area contributed by atoms with Crippen molar-refractivity contribution in [1.82, 2.24) is 4.98 Å². The van der Waals surface area contributed by atoms with Gasteiger partial charge in [0.25, 0.3) is 0 Å². The van der Waals surface area contributed by atoms with Gasteiger partial charge in [0, 0.05) is 0 Å². The number of anilines is 1. The molecular weight excluding hydrogens is 398 g/mol. The van der Waals surface area contributed by atoms with Crippen molar-refractivity contribution in [3.63, 3.8) is 0 Å². The summed E-state index contributed by atoms with van der Waals surface area (Å²) in [5.74, 6) is -3.01. The Morgan fingerprint density at radius 2 is 2.00 bits per heavy atom. The van der Waals surface area contributed by atoms with Crippen LogP contribution in [0.1, 0.15) is 10.5 Å². The lowest BCUT2D eigenvalue weighted by Crippen LogP contribution is -2.09. The van der Waals surface area contributed by atoms with E-state index in [1.165, 1.54) is 7.11 Å². The van der Waals surface area contributed by atoms with E-state index in [1.807, 2.05) is 0 Å². The number of nitrogen functional groups attached to an aromatic ring is 1. The van der Waals surface area contributed by atoms with E-state index in [9.17, 15) is 13.6 Å². The van der Waals surface area contributed by atoms with Crippen LogP contribution >= 0.6 is 27.5 Å². The van der Waals surface area contributed by atoms with Gasteiger partial charge in [0.2, 0.25) is 0 Å². The molecule has 0 aliphatic rings. The lowest BCUT2D eigenvalue weighted by Gasteiger charge is -2.13. The fraction of sp³-hybridized carbons (Fsp3) is 0.143. The predicted octanol–water partition coefficient (Wildman–Crippen LogP) is 3.82. The quantitative estimate of drug-likeness (QED) is 0.783. The number of nitrogens with zero attached hydrogens (tertiary/aromatic N) is 1. The smallest absolute Gasteiger partial charge is 0.358 e. The average Bonchev–Trinajstić information content (AvgIpc) is 2.49. The molecular formula is C14H10BrClF2N2O3. The summed E-state index contributed by atoms with van der Waals surface area (Å²) >= 11 is 8.88. The topological polar surface area (TPSA) is 74.4 Å². The van der Waals surface area contributed by atoms with E-state index in [-0.39, 0.29) is 32.3 Å². The number of carbonyl (C=O) groups is 1. The third kappa shape index (κ3) is 3.09. The molecule has 0 bridgehead atoms. The third-order valence-electron chi connectivity index (χ3n) is 2.95. The van der Waals surface area contributed by atoms with E-state index in [2.05, 4.69) is 25.7 Å². The number of aromatic nitrogens is 1. The van der Waals surface area contributed by atoms with Gasteiger partial charge in [-0.15, -0.1) is 0 Å². The number of carbonyl (C=O) groups excluding carboxylic acids is 1. The summed E-state index contributed by atoms with van der Waals surface area (Å²) in [7, 11) is 2.35. The number of hydrogen-bond donors (Lipinski definition) is 1. The van der Waals surface area contributed by atoms with Gasteiger partial charge in [0.1, 0.15) is 5.82 Å². The number of methoxy groups -OCH3 is 2. The Hall–Kier alpha value is -1.93. The van der Waals surface area contributed by atoms with Crippen molar-refractivity contribution in [2.75, 3.05) is 20.0 Å². The largest absolute Gasteiger partial charge is 0.492 e. The van der Waals surface area contributed by atoms with Crippen LogP contribution in [-0.4, -0.2) is 25.2 Å². The summed E-state index contributed by atoms with van der Waals surface area (Å²) in [5.41, 5.74) is 4.56. The first-order valence-corrected chi connectivity index (χ1v) is 7.25. The number of pyridine rings is 1. The van der Waals surface area contributed by atoms with Gasteiger partial charge in [-0.1, -0.05) is 11.6 Å². The second-order valence-electron chi connectivity index (χ2n) is 4.31. The summed E-state index contributed by atoms with van der Waals surface area (Å²) in [6.45, 7) is 0. The van der Waals surface area contributed by atoms with Crippen molar-refractivity contribution in [3.8, 4) is 17.0 Å². The van der Waals surface area contributed by atoms with Crippen molar-refractivity contribution in [2.24, 2.45) is 0 Å². The average molecular weight is 408 g/mol. The maximum atomic E-state index is 14.5. The first-order valence-electron chi connectivity index (χ1n) is 6.08. The highest BCUT2D eigenvalue weighted by Crippen LogP contribution is 2.38. The van der Waals surface area contributed by atoms with Crippen LogP contribution in [0.4, 0.5) is 14.5 Å². The molecule has 1 aromatic carbocycles. The molecule has 1 heterocycles. The minimum atomic E-state index is -0.996. The summed E-state index contributed by atoms with van der Waals surface area (Å²) in [5, 5.41) is -0.162. The molecule has 2 N–H and O–H groups in total. The van der Waals surface area contributed by atoms with Crippen molar-refractivity contribution < 1.29 is 23.0 Å². The molecule has 2 aromatic rings. The second-order valence-corrected chi connectivity index (χ2v) is 5.55. The van der Waals surface area contributed by atoms with Crippen LogP contribution in [0.2, 0.25) is 5.02 Å². The molecule has 0 amide bonds. The summed E-state index contributed by atoms with van der Waals surface area (Å²) in [6.07, 6.45) is 0. The number of halogens is 4. The molecule has 0 saturated carbocycles. The standard InChI is InChI=1S/C14H10BrClF2N2O3/c1-22-13-5(15)3-6(17)9(11(13)18)8-4-7(19)10(16)12(20-8)14(21)23-2/h3-4H,1-2H3,(H2,19,20). The predicted molar refractivity (Wildman–Crippen MR) is 84.6 cm³/mol. The molecule has 9 heteroatoms. The van der Waals surface area contributed by atoms with Gasteiger partial charge in [-0.2, -0.15) is 0 Å². The van der Waals surface area contributed by atoms with E-state index in [0.717, 1.165) is 19.2 Å². The van der Waals surface area contributed by atoms with Gasteiger partial charge in [0.15, 0.2) is 17.3 Å². The summed E-state index contributed by atoms with van der Waals surface area (Å²) in [4.78, 5) is 15.5. The molecule has 0 fully saturated rings. The van der Waals surface area contributed by atoms with E-state index in [4.69, 9.17) is 22.1 Å². The highest BCUT2D eigenvalue weighted by Gasteiger charge is 2.24. The number of ether oxygens (including phenoxy) is 2. The van der Waals surface area contributed by atoms with Gasteiger partial charge < -0.3 is 15.2 Å². The zero-order chi connectivity index (χ0) is 17.3. The van der Waals surface area contributed by atoms with Crippen molar-refractivity contribution in [2.45, 2.75) is 0 Å². The Labute approximate surface area is 143 Å². The summed E-state index contributed by atoms with van der Waals surface area (Å²) in [6, 6.07) is 2.17. The lowest BCUT2D eigenvalue weighted by molar-refractivity contribution is 0.0594. The Morgan fingerprint density at radius 1 is 1.35 bits per heavy atom.